The van der Waals surface area contributed by atoms with Gasteiger partial charge < -0.3 is 5.32 Å². The molecule has 86 valence electrons. The molecule has 0 aliphatic heterocycles. The molecule has 0 aromatic carbocycles. The molecule has 0 aliphatic carbocycles. The lowest BCUT2D eigenvalue weighted by Gasteiger charge is -2.17. The smallest absolute Gasteiger partial charge is 0.243 e. The molecule has 0 saturated heterocycles. The Labute approximate surface area is 95.7 Å². The van der Waals surface area contributed by atoms with E-state index in [0.29, 0.717) is 11.4 Å². The summed E-state index contributed by atoms with van der Waals surface area (Å²) < 4.78 is 1.78. The van der Waals surface area contributed by atoms with Crippen LogP contribution in [0.5, 0.6) is 0 Å². The molecule has 2 rings (SSSR count). The van der Waals surface area contributed by atoms with Gasteiger partial charge in [-0.25, -0.2) is 4.52 Å². The predicted molar refractivity (Wildman–Crippen MR) is 65.5 cm³/mol. The molecule has 0 fully saturated rings. The van der Waals surface area contributed by atoms with E-state index in [1.807, 2.05) is 24.4 Å². The van der Waals surface area contributed by atoms with Crippen LogP contribution < -0.4 is 5.32 Å². The fourth-order valence-corrected chi connectivity index (χ4v) is 1.46. The fraction of sp³-hybridized carbons (Fsp3) is 0.500. The van der Waals surface area contributed by atoms with E-state index < -0.39 is 0 Å². The minimum absolute atomic E-state index is 0.339. The van der Waals surface area contributed by atoms with E-state index >= 15 is 0 Å². The van der Waals surface area contributed by atoms with Crippen molar-refractivity contribution in [1.82, 2.24) is 14.6 Å². The van der Waals surface area contributed by atoms with Gasteiger partial charge in [-0.2, -0.15) is 4.98 Å². The van der Waals surface area contributed by atoms with Gasteiger partial charge in [-0.3, -0.25) is 0 Å². The highest BCUT2D eigenvalue weighted by atomic mass is 15.3. The van der Waals surface area contributed by atoms with Gasteiger partial charge in [-0.1, -0.05) is 26.8 Å². The van der Waals surface area contributed by atoms with Crippen molar-refractivity contribution in [1.29, 1.82) is 0 Å². The molecule has 16 heavy (non-hydrogen) atoms. The predicted octanol–water partition coefficient (Wildman–Crippen LogP) is 2.58. The topological polar surface area (TPSA) is 42.2 Å². The molecule has 0 spiro atoms. The van der Waals surface area contributed by atoms with Gasteiger partial charge in [0.1, 0.15) is 0 Å². The highest BCUT2D eigenvalue weighted by Crippen LogP contribution is 2.18. The number of pyridine rings is 1. The SMILES string of the molecule is CC(C)(C)CCNc1nc2ccccn2n1. The summed E-state index contributed by atoms with van der Waals surface area (Å²) in [6, 6.07) is 5.85. The number of aromatic nitrogens is 3. The Morgan fingerprint density at radius 1 is 1.31 bits per heavy atom. The highest BCUT2D eigenvalue weighted by Gasteiger charge is 2.10. The maximum atomic E-state index is 4.37. The van der Waals surface area contributed by atoms with Crippen molar-refractivity contribution < 1.29 is 0 Å². The van der Waals surface area contributed by atoms with E-state index in [-0.39, 0.29) is 0 Å². The van der Waals surface area contributed by atoms with Gasteiger partial charge in [0, 0.05) is 12.7 Å². The summed E-state index contributed by atoms with van der Waals surface area (Å²) in [6.07, 6.45) is 3.00. The van der Waals surface area contributed by atoms with Crippen molar-refractivity contribution >= 4 is 11.6 Å². The van der Waals surface area contributed by atoms with Crippen LogP contribution >= 0.6 is 0 Å². The van der Waals surface area contributed by atoms with Crippen LogP contribution in [0.2, 0.25) is 0 Å². The third kappa shape index (κ3) is 2.72. The first-order valence-corrected chi connectivity index (χ1v) is 5.60. The van der Waals surface area contributed by atoms with Crippen molar-refractivity contribution in [3.8, 4) is 0 Å². The van der Waals surface area contributed by atoms with Crippen LogP contribution in [0, 0.1) is 5.41 Å². The lowest BCUT2D eigenvalue weighted by atomic mass is 9.92. The monoisotopic (exact) mass is 218 g/mol. The number of anilines is 1. The van der Waals surface area contributed by atoms with Crippen molar-refractivity contribution in [3.63, 3.8) is 0 Å². The number of hydrogen-bond acceptors (Lipinski definition) is 3. The van der Waals surface area contributed by atoms with Crippen molar-refractivity contribution in [2.75, 3.05) is 11.9 Å². The van der Waals surface area contributed by atoms with Crippen LogP contribution in [0.25, 0.3) is 5.65 Å². The normalized spacial score (nSPS) is 11.9. The van der Waals surface area contributed by atoms with Crippen molar-refractivity contribution in [2.24, 2.45) is 5.41 Å². The molecule has 0 saturated carbocycles. The van der Waals surface area contributed by atoms with Gasteiger partial charge in [-0.15, -0.1) is 5.10 Å². The van der Waals surface area contributed by atoms with Gasteiger partial charge in [0.15, 0.2) is 5.65 Å². The van der Waals surface area contributed by atoms with Gasteiger partial charge >= 0.3 is 0 Å². The molecule has 1 N–H and O–H groups in total. The lowest BCUT2D eigenvalue weighted by molar-refractivity contribution is 0.389. The Bertz CT molecular complexity index is 434. The third-order valence-corrected chi connectivity index (χ3v) is 2.40. The average molecular weight is 218 g/mol. The van der Waals surface area contributed by atoms with Crippen LogP contribution in [0.3, 0.4) is 0 Å². The second-order valence-corrected chi connectivity index (χ2v) is 5.18. The zero-order valence-corrected chi connectivity index (χ0v) is 10.1. The summed E-state index contributed by atoms with van der Waals surface area (Å²) in [6.45, 7) is 7.59. The minimum Gasteiger partial charge on any atom is -0.353 e. The molecular weight excluding hydrogens is 200 g/mol. The number of nitrogens with one attached hydrogen (secondary N) is 1. The molecule has 0 aliphatic rings. The molecule has 0 radical (unpaired) electrons. The maximum Gasteiger partial charge on any atom is 0.243 e. The Morgan fingerprint density at radius 2 is 2.12 bits per heavy atom. The molecule has 2 aromatic heterocycles. The van der Waals surface area contributed by atoms with Gasteiger partial charge in [-0.05, 0) is 24.0 Å². The third-order valence-electron chi connectivity index (χ3n) is 2.40. The van der Waals surface area contributed by atoms with Crippen LogP contribution in [0.4, 0.5) is 5.95 Å². The summed E-state index contributed by atoms with van der Waals surface area (Å²) in [5.74, 6) is 0.704. The van der Waals surface area contributed by atoms with E-state index in [1.165, 1.54) is 0 Å². The number of nitrogens with zero attached hydrogens (tertiary/aromatic N) is 3. The zero-order valence-electron chi connectivity index (χ0n) is 10.1. The molecule has 2 aromatic rings. The van der Waals surface area contributed by atoms with Crippen LogP contribution in [0.15, 0.2) is 24.4 Å². The molecule has 0 bridgehead atoms. The summed E-state index contributed by atoms with van der Waals surface area (Å²) in [5.41, 5.74) is 1.22. The maximum absolute atomic E-state index is 4.37. The Balaban J connectivity index is 2.00. The van der Waals surface area contributed by atoms with E-state index in [2.05, 4.69) is 36.2 Å². The Kier molecular flexibility index (Phi) is 2.81. The minimum atomic E-state index is 0.339. The van der Waals surface area contributed by atoms with Crippen molar-refractivity contribution in [2.45, 2.75) is 27.2 Å². The molecule has 0 atom stereocenters. The first-order valence-electron chi connectivity index (χ1n) is 5.60. The lowest BCUT2D eigenvalue weighted by Crippen LogP contribution is -2.13. The molecular formula is C12H18N4. The number of hydrogen-bond donors (Lipinski definition) is 1. The number of fused-ring (bicyclic) bond motifs is 1. The van der Waals surface area contributed by atoms with E-state index in [1.54, 1.807) is 4.52 Å². The quantitative estimate of drug-likeness (QED) is 0.861. The Morgan fingerprint density at radius 3 is 2.81 bits per heavy atom. The van der Waals surface area contributed by atoms with Gasteiger partial charge in [0.2, 0.25) is 5.95 Å². The van der Waals surface area contributed by atoms with E-state index in [0.717, 1.165) is 18.6 Å². The largest absolute Gasteiger partial charge is 0.353 e. The van der Waals surface area contributed by atoms with Crippen LogP contribution in [-0.4, -0.2) is 21.1 Å². The Hall–Kier alpha value is -1.58. The van der Waals surface area contributed by atoms with E-state index in [4.69, 9.17) is 0 Å². The van der Waals surface area contributed by atoms with E-state index in [9.17, 15) is 0 Å². The van der Waals surface area contributed by atoms with Gasteiger partial charge in [0.25, 0.3) is 0 Å². The van der Waals surface area contributed by atoms with Gasteiger partial charge in [0.05, 0.1) is 0 Å². The van der Waals surface area contributed by atoms with Crippen LogP contribution in [0.1, 0.15) is 27.2 Å². The summed E-state index contributed by atoms with van der Waals surface area (Å²) in [5, 5.41) is 7.57. The fourth-order valence-electron chi connectivity index (χ4n) is 1.46. The molecule has 0 unspecified atom stereocenters. The first-order chi connectivity index (χ1) is 7.54. The summed E-state index contributed by atoms with van der Waals surface area (Å²) in [4.78, 5) is 4.37. The molecule has 4 nitrogen and oxygen atoms in total. The second-order valence-electron chi connectivity index (χ2n) is 5.18. The molecule has 2 heterocycles. The number of rotatable bonds is 3. The molecule has 0 amide bonds. The average Bonchev–Trinajstić information content (AvgIpc) is 2.57. The van der Waals surface area contributed by atoms with Crippen molar-refractivity contribution in [3.05, 3.63) is 24.4 Å². The zero-order chi connectivity index (χ0) is 11.6. The summed E-state index contributed by atoms with van der Waals surface area (Å²) >= 11 is 0. The highest BCUT2D eigenvalue weighted by molar-refractivity contribution is 5.42. The standard InChI is InChI=1S/C12H18N4/c1-12(2,3)7-8-13-11-14-10-6-4-5-9-16(10)15-11/h4-6,9H,7-8H2,1-3H3,(H,13,15). The summed E-state index contributed by atoms with van der Waals surface area (Å²) in [7, 11) is 0. The first kappa shape index (κ1) is 10.9. The van der Waals surface area contributed by atoms with Crippen LogP contribution in [-0.2, 0) is 0 Å². The second kappa shape index (κ2) is 4.12. The molecule has 4 heteroatoms.